The number of imidazole rings is 1. The molecule has 0 aromatic carbocycles. The van der Waals surface area contributed by atoms with Gasteiger partial charge in [-0.25, -0.2) is 4.98 Å². The number of hydrogen-bond acceptors (Lipinski definition) is 5. The molecule has 0 bridgehead atoms. The molecule has 2 aliphatic rings. The molecule has 1 aromatic rings. The average Bonchev–Trinajstić information content (AvgIpc) is 3.20. The van der Waals surface area contributed by atoms with Crippen LogP contribution in [0, 0.1) is 17.8 Å². The lowest BCUT2D eigenvalue weighted by Crippen LogP contribution is -2.51. The molecular formula is C18H32N4O2. The van der Waals surface area contributed by atoms with Crippen molar-refractivity contribution < 1.29 is 9.84 Å². The van der Waals surface area contributed by atoms with Gasteiger partial charge in [-0.05, 0) is 31.2 Å². The largest absolute Gasteiger partial charge is 0.394 e. The summed E-state index contributed by atoms with van der Waals surface area (Å²) in [4.78, 5) is 7.06. The molecule has 2 aliphatic heterocycles. The van der Waals surface area contributed by atoms with E-state index in [9.17, 15) is 5.11 Å². The Bertz CT molecular complexity index is 547. The lowest BCUT2D eigenvalue weighted by molar-refractivity contribution is 0.108. The smallest absolute Gasteiger partial charge is 0.126 e. The highest BCUT2D eigenvalue weighted by molar-refractivity contribution is 5.17. The summed E-state index contributed by atoms with van der Waals surface area (Å²) in [7, 11) is 3.91. The molecule has 0 spiro atoms. The van der Waals surface area contributed by atoms with Gasteiger partial charge in [0, 0.05) is 44.7 Å². The van der Waals surface area contributed by atoms with Crippen LogP contribution < -0.4 is 5.32 Å². The molecule has 0 saturated carbocycles. The van der Waals surface area contributed by atoms with Gasteiger partial charge in [0.2, 0.25) is 0 Å². The lowest BCUT2D eigenvalue weighted by atomic mass is 9.77. The standard InChI is InChI=1S/C18H32N4O2/c1-13(2)9-18(12-23)15-11-21(3)10-14(15)16(20-18)17-19-5-6-22(17)7-8-24-4/h5-6,13-16,20,23H,7-12H2,1-4H3/t14-,15+,16+,18+/m1/s1. The van der Waals surface area contributed by atoms with Crippen LogP contribution >= 0.6 is 0 Å². The van der Waals surface area contributed by atoms with Crippen LogP contribution in [0.15, 0.2) is 12.4 Å². The third-order valence-corrected chi connectivity index (χ3v) is 5.75. The highest BCUT2D eigenvalue weighted by Gasteiger charge is 2.57. The van der Waals surface area contributed by atoms with E-state index in [-0.39, 0.29) is 18.2 Å². The molecule has 2 fully saturated rings. The minimum atomic E-state index is -0.202. The second kappa shape index (κ2) is 7.12. The average molecular weight is 336 g/mol. The second-order valence-electron chi connectivity index (χ2n) is 8.00. The van der Waals surface area contributed by atoms with Crippen molar-refractivity contribution in [2.75, 3.05) is 40.5 Å². The van der Waals surface area contributed by atoms with E-state index in [4.69, 9.17) is 4.74 Å². The van der Waals surface area contributed by atoms with Crippen molar-refractivity contribution in [3.8, 4) is 0 Å². The number of fused-ring (bicyclic) bond motifs is 1. The molecule has 6 nitrogen and oxygen atoms in total. The maximum atomic E-state index is 10.3. The van der Waals surface area contributed by atoms with Crippen LogP contribution in [0.25, 0.3) is 0 Å². The Kier molecular flexibility index (Phi) is 5.30. The topological polar surface area (TPSA) is 62.6 Å². The Morgan fingerprint density at radius 3 is 2.92 bits per heavy atom. The number of nitrogens with one attached hydrogen (secondary N) is 1. The molecule has 24 heavy (non-hydrogen) atoms. The Morgan fingerprint density at radius 2 is 2.25 bits per heavy atom. The van der Waals surface area contributed by atoms with Gasteiger partial charge < -0.3 is 19.3 Å². The first-order valence-electron chi connectivity index (χ1n) is 9.08. The van der Waals surface area contributed by atoms with Crippen molar-refractivity contribution in [2.45, 2.75) is 38.4 Å². The van der Waals surface area contributed by atoms with Crippen molar-refractivity contribution in [3.05, 3.63) is 18.2 Å². The number of nitrogens with zero attached hydrogens (tertiary/aromatic N) is 3. The fourth-order valence-corrected chi connectivity index (χ4v) is 4.88. The van der Waals surface area contributed by atoms with Gasteiger partial charge in [-0.1, -0.05) is 13.8 Å². The molecular weight excluding hydrogens is 304 g/mol. The highest BCUT2D eigenvalue weighted by atomic mass is 16.5. The number of aliphatic hydroxyl groups is 1. The molecule has 1 aromatic heterocycles. The van der Waals surface area contributed by atoms with Crippen molar-refractivity contribution in [3.63, 3.8) is 0 Å². The van der Waals surface area contributed by atoms with Crippen LogP contribution in [0.2, 0.25) is 0 Å². The van der Waals surface area contributed by atoms with Gasteiger partial charge in [-0.2, -0.15) is 0 Å². The number of aromatic nitrogens is 2. The molecule has 2 N–H and O–H groups in total. The van der Waals surface area contributed by atoms with Gasteiger partial charge in [-0.15, -0.1) is 0 Å². The first kappa shape index (κ1) is 17.9. The molecule has 136 valence electrons. The molecule has 6 heteroatoms. The van der Waals surface area contributed by atoms with Crippen LogP contribution in [-0.2, 0) is 11.3 Å². The molecule has 3 rings (SSSR count). The molecule has 0 radical (unpaired) electrons. The number of rotatable bonds is 7. The van der Waals surface area contributed by atoms with E-state index in [0.717, 1.165) is 31.9 Å². The zero-order chi connectivity index (χ0) is 17.3. The third kappa shape index (κ3) is 3.12. The number of methoxy groups -OCH3 is 1. The number of aliphatic hydroxyl groups excluding tert-OH is 1. The van der Waals surface area contributed by atoms with Gasteiger partial charge in [0.1, 0.15) is 5.82 Å². The predicted octanol–water partition coefficient (Wildman–Crippen LogP) is 1.13. The molecule has 0 aliphatic carbocycles. The maximum Gasteiger partial charge on any atom is 0.126 e. The summed E-state index contributed by atoms with van der Waals surface area (Å²) in [5.41, 5.74) is -0.202. The molecule has 2 saturated heterocycles. The maximum absolute atomic E-state index is 10.3. The van der Waals surface area contributed by atoms with E-state index in [1.807, 2.05) is 12.4 Å². The molecule has 0 amide bonds. The number of ether oxygens (including phenoxy) is 1. The van der Waals surface area contributed by atoms with Crippen LogP contribution in [0.4, 0.5) is 0 Å². The molecule has 4 atom stereocenters. The first-order chi connectivity index (χ1) is 11.5. The van der Waals surface area contributed by atoms with Gasteiger partial charge in [0.05, 0.1) is 19.3 Å². The number of hydrogen-bond donors (Lipinski definition) is 2. The van der Waals surface area contributed by atoms with Crippen LogP contribution in [-0.4, -0.2) is 65.6 Å². The normalized spacial score (nSPS) is 33.5. The van der Waals surface area contributed by atoms with Crippen LogP contribution in [0.5, 0.6) is 0 Å². The van der Waals surface area contributed by atoms with Crippen molar-refractivity contribution in [2.24, 2.45) is 17.8 Å². The molecule has 3 heterocycles. The SMILES string of the molecule is COCCn1ccnc1[C@H]1N[C@](CO)(CC(C)C)[C@H]2CN(C)C[C@@H]12. The van der Waals surface area contributed by atoms with E-state index in [0.29, 0.717) is 24.4 Å². The van der Waals surface area contributed by atoms with Crippen LogP contribution in [0.3, 0.4) is 0 Å². The van der Waals surface area contributed by atoms with E-state index in [1.165, 1.54) is 0 Å². The zero-order valence-corrected chi connectivity index (χ0v) is 15.4. The summed E-state index contributed by atoms with van der Waals surface area (Å²) in [6.07, 6.45) is 4.90. The Morgan fingerprint density at radius 1 is 1.46 bits per heavy atom. The summed E-state index contributed by atoms with van der Waals surface area (Å²) in [6, 6.07) is 0.192. The first-order valence-corrected chi connectivity index (χ1v) is 9.08. The summed E-state index contributed by atoms with van der Waals surface area (Å²) in [5.74, 6) is 2.58. The molecule has 0 unspecified atom stereocenters. The zero-order valence-electron chi connectivity index (χ0n) is 15.4. The minimum absolute atomic E-state index is 0.190. The van der Waals surface area contributed by atoms with Gasteiger partial charge in [0.15, 0.2) is 0 Å². The number of likely N-dealkylation sites (tertiary alicyclic amines) is 1. The highest BCUT2D eigenvalue weighted by Crippen LogP contribution is 2.48. The monoisotopic (exact) mass is 336 g/mol. The van der Waals surface area contributed by atoms with Crippen LogP contribution in [0.1, 0.15) is 32.1 Å². The van der Waals surface area contributed by atoms with E-state index in [1.54, 1.807) is 7.11 Å². The van der Waals surface area contributed by atoms with Crippen molar-refractivity contribution in [1.29, 1.82) is 0 Å². The fraction of sp³-hybridized carbons (Fsp3) is 0.833. The summed E-state index contributed by atoms with van der Waals surface area (Å²) in [6.45, 7) is 8.25. The summed E-state index contributed by atoms with van der Waals surface area (Å²) in [5, 5.41) is 14.1. The van der Waals surface area contributed by atoms with Gasteiger partial charge in [0.25, 0.3) is 0 Å². The minimum Gasteiger partial charge on any atom is -0.394 e. The Labute approximate surface area is 145 Å². The Balaban J connectivity index is 1.90. The summed E-state index contributed by atoms with van der Waals surface area (Å²) >= 11 is 0. The van der Waals surface area contributed by atoms with E-state index < -0.39 is 0 Å². The fourth-order valence-electron chi connectivity index (χ4n) is 4.88. The lowest BCUT2D eigenvalue weighted by Gasteiger charge is -2.35. The Hall–Kier alpha value is -0.950. The van der Waals surface area contributed by atoms with Crippen molar-refractivity contribution >= 4 is 0 Å². The van der Waals surface area contributed by atoms with Crippen molar-refractivity contribution in [1.82, 2.24) is 19.8 Å². The second-order valence-corrected chi connectivity index (χ2v) is 8.00. The third-order valence-electron chi connectivity index (χ3n) is 5.75. The van der Waals surface area contributed by atoms with E-state index in [2.05, 4.69) is 40.7 Å². The predicted molar refractivity (Wildman–Crippen MR) is 93.7 cm³/mol. The van der Waals surface area contributed by atoms with Gasteiger partial charge >= 0.3 is 0 Å². The summed E-state index contributed by atoms with van der Waals surface area (Å²) < 4.78 is 7.43. The van der Waals surface area contributed by atoms with Gasteiger partial charge in [-0.3, -0.25) is 5.32 Å². The quantitative estimate of drug-likeness (QED) is 0.781. The van der Waals surface area contributed by atoms with E-state index >= 15 is 0 Å².